The Morgan fingerprint density at radius 1 is 1.19 bits per heavy atom. The summed E-state index contributed by atoms with van der Waals surface area (Å²) in [6.45, 7) is 4.54. The maximum absolute atomic E-state index is 13.2. The third-order valence-electron chi connectivity index (χ3n) is 4.74. The molecule has 0 spiro atoms. The molecule has 0 radical (unpaired) electrons. The second-order valence-corrected chi connectivity index (χ2v) is 6.42. The van der Waals surface area contributed by atoms with Crippen LogP contribution < -0.4 is 10.6 Å². The molecule has 0 amide bonds. The van der Waals surface area contributed by atoms with Crippen LogP contribution in [0.2, 0.25) is 0 Å². The summed E-state index contributed by atoms with van der Waals surface area (Å²) in [6.07, 6.45) is 4.28. The van der Waals surface area contributed by atoms with Gasteiger partial charge < -0.3 is 10.6 Å². The molecular formula is C19H21FN6. The molecule has 2 N–H and O–H groups in total. The molecule has 2 aromatic heterocycles. The fraction of sp³-hybridized carbons (Fsp3) is 0.316. The van der Waals surface area contributed by atoms with Crippen molar-refractivity contribution >= 4 is 16.6 Å². The Bertz CT molecular complexity index is 879. The lowest BCUT2D eigenvalue weighted by molar-refractivity contribution is 0.122. The lowest BCUT2D eigenvalue weighted by atomic mass is 10.1. The molecule has 6 nitrogen and oxygen atoms in total. The minimum absolute atomic E-state index is 0.0223. The zero-order valence-electron chi connectivity index (χ0n) is 14.6. The van der Waals surface area contributed by atoms with E-state index in [4.69, 9.17) is 0 Å². The van der Waals surface area contributed by atoms with Crippen molar-refractivity contribution in [3.63, 3.8) is 0 Å². The van der Waals surface area contributed by atoms with Crippen molar-refractivity contribution in [2.45, 2.75) is 19.1 Å². The maximum Gasteiger partial charge on any atom is 0.159 e. The van der Waals surface area contributed by atoms with Gasteiger partial charge in [0.2, 0.25) is 0 Å². The average Bonchev–Trinajstić information content (AvgIpc) is 2.69. The van der Waals surface area contributed by atoms with E-state index >= 15 is 0 Å². The first-order valence-electron chi connectivity index (χ1n) is 8.76. The molecule has 0 bridgehead atoms. The third-order valence-corrected chi connectivity index (χ3v) is 4.74. The van der Waals surface area contributed by atoms with Crippen molar-refractivity contribution in [1.29, 1.82) is 0 Å². The van der Waals surface area contributed by atoms with Gasteiger partial charge in [-0.25, -0.2) is 19.3 Å². The zero-order valence-corrected chi connectivity index (χ0v) is 14.6. The molecule has 1 aliphatic rings. The number of aromatic nitrogens is 3. The molecule has 2 atom stereocenters. The SMILES string of the molecule is CC(Nc1nccc2ccccc12)N1CCNCC1c1ncc(F)cn1. The molecule has 0 aliphatic carbocycles. The van der Waals surface area contributed by atoms with Gasteiger partial charge in [0.1, 0.15) is 11.6 Å². The van der Waals surface area contributed by atoms with Crippen LogP contribution in [0.4, 0.5) is 10.2 Å². The minimum atomic E-state index is -0.421. The number of hydrogen-bond acceptors (Lipinski definition) is 6. The van der Waals surface area contributed by atoms with E-state index in [1.165, 1.54) is 12.4 Å². The summed E-state index contributed by atoms with van der Waals surface area (Å²) in [4.78, 5) is 15.2. The summed E-state index contributed by atoms with van der Waals surface area (Å²) in [5, 5.41) is 9.13. The first-order chi connectivity index (χ1) is 12.7. The number of fused-ring (bicyclic) bond motifs is 1. The Kier molecular flexibility index (Phi) is 4.73. The number of rotatable bonds is 4. The molecule has 2 unspecified atom stereocenters. The number of hydrogen-bond donors (Lipinski definition) is 2. The Balaban J connectivity index is 1.59. The van der Waals surface area contributed by atoms with E-state index in [-0.39, 0.29) is 12.2 Å². The molecule has 134 valence electrons. The highest BCUT2D eigenvalue weighted by molar-refractivity contribution is 5.91. The van der Waals surface area contributed by atoms with Gasteiger partial charge in [0.15, 0.2) is 5.82 Å². The van der Waals surface area contributed by atoms with E-state index in [1.54, 1.807) is 0 Å². The van der Waals surface area contributed by atoms with Gasteiger partial charge in [0.25, 0.3) is 0 Å². The number of halogens is 1. The average molecular weight is 352 g/mol. The monoisotopic (exact) mass is 352 g/mol. The summed E-state index contributed by atoms with van der Waals surface area (Å²) in [6, 6.07) is 10.2. The third kappa shape index (κ3) is 3.36. The second kappa shape index (κ2) is 7.31. The predicted molar refractivity (Wildman–Crippen MR) is 99.1 cm³/mol. The van der Waals surface area contributed by atoms with E-state index in [0.717, 1.165) is 36.2 Å². The first kappa shape index (κ1) is 16.8. The summed E-state index contributed by atoms with van der Waals surface area (Å²) in [5.41, 5.74) is 0. The smallest absolute Gasteiger partial charge is 0.159 e. The molecule has 3 heterocycles. The van der Waals surface area contributed by atoms with Crippen LogP contribution in [-0.2, 0) is 0 Å². The summed E-state index contributed by atoms with van der Waals surface area (Å²) in [7, 11) is 0. The van der Waals surface area contributed by atoms with Crippen molar-refractivity contribution in [2.75, 3.05) is 25.0 Å². The van der Waals surface area contributed by atoms with Crippen LogP contribution in [0.5, 0.6) is 0 Å². The zero-order chi connectivity index (χ0) is 17.9. The number of nitrogens with one attached hydrogen (secondary N) is 2. The molecule has 7 heteroatoms. The van der Waals surface area contributed by atoms with E-state index in [0.29, 0.717) is 5.82 Å². The fourth-order valence-electron chi connectivity index (χ4n) is 3.43. The number of benzene rings is 1. The van der Waals surface area contributed by atoms with E-state index in [1.807, 2.05) is 24.4 Å². The standard InChI is InChI=1S/C19H21FN6/c1-13(25-18-16-5-3-2-4-14(16)6-7-22-18)26-9-8-21-12-17(26)19-23-10-15(20)11-24-19/h2-7,10-11,13,17,21H,8-9,12H2,1H3,(H,22,25). The Hall–Kier alpha value is -2.64. The molecule has 3 aromatic rings. The van der Waals surface area contributed by atoms with Gasteiger partial charge in [0.05, 0.1) is 24.6 Å². The van der Waals surface area contributed by atoms with Crippen LogP contribution in [0.25, 0.3) is 10.8 Å². The Morgan fingerprint density at radius 2 is 2.00 bits per heavy atom. The van der Waals surface area contributed by atoms with Gasteiger partial charge in [-0.2, -0.15) is 0 Å². The maximum atomic E-state index is 13.2. The van der Waals surface area contributed by atoms with E-state index < -0.39 is 5.82 Å². The van der Waals surface area contributed by atoms with Crippen molar-refractivity contribution in [3.05, 3.63) is 60.6 Å². The highest BCUT2D eigenvalue weighted by Gasteiger charge is 2.30. The molecule has 1 aromatic carbocycles. The van der Waals surface area contributed by atoms with Crippen molar-refractivity contribution in [1.82, 2.24) is 25.2 Å². The van der Waals surface area contributed by atoms with Crippen LogP contribution in [0.1, 0.15) is 18.8 Å². The van der Waals surface area contributed by atoms with Crippen LogP contribution in [0.15, 0.2) is 48.9 Å². The first-order valence-corrected chi connectivity index (χ1v) is 8.76. The lowest BCUT2D eigenvalue weighted by Crippen LogP contribution is -2.52. The molecule has 26 heavy (non-hydrogen) atoms. The van der Waals surface area contributed by atoms with Crippen molar-refractivity contribution in [2.24, 2.45) is 0 Å². The highest BCUT2D eigenvalue weighted by atomic mass is 19.1. The topological polar surface area (TPSA) is 66.0 Å². The van der Waals surface area contributed by atoms with Gasteiger partial charge in [-0.1, -0.05) is 24.3 Å². The summed E-state index contributed by atoms with van der Waals surface area (Å²) < 4.78 is 13.2. The Morgan fingerprint density at radius 3 is 2.85 bits per heavy atom. The number of pyridine rings is 1. The molecule has 1 fully saturated rings. The fourth-order valence-corrected chi connectivity index (χ4v) is 3.43. The van der Waals surface area contributed by atoms with E-state index in [2.05, 4.69) is 49.5 Å². The van der Waals surface area contributed by atoms with Crippen LogP contribution >= 0.6 is 0 Å². The molecule has 4 rings (SSSR count). The predicted octanol–water partition coefficient (Wildman–Crippen LogP) is 2.57. The van der Waals surface area contributed by atoms with Crippen LogP contribution in [0.3, 0.4) is 0 Å². The van der Waals surface area contributed by atoms with Gasteiger partial charge in [-0.05, 0) is 18.4 Å². The number of nitrogens with zero attached hydrogens (tertiary/aromatic N) is 4. The molecular weight excluding hydrogens is 331 g/mol. The summed E-state index contributed by atoms with van der Waals surface area (Å²) in [5.74, 6) is 1.06. The quantitative estimate of drug-likeness (QED) is 0.752. The molecule has 1 saturated heterocycles. The largest absolute Gasteiger partial charge is 0.354 e. The van der Waals surface area contributed by atoms with Crippen LogP contribution in [0, 0.1) is 5.82 Å². The van der Waals surface area contributed by atoms with Gasteiger partial charge in [0, 0.05) is 31.2 Å². The Labute approximate surface area is 151 Å². The van der Waals surface area contributed by atoms with Gasteiger partial charge in [-0.3, -0.25) is 4.90 Å². The minimum Gasteiger partial charge on any atom is -0.354 e. The summed E-state index contributed by atoms with van der Waals surface area (Å²) >= 11 is 0. The van der Waals surface area contributed by atoms with Crippen molar-refractivity contribution < 1.29 is 4.39 Å². The second-order valence-electron chi connectivity index (χ2n) is 6.42. The lowest BCUT2D eigenvalue weighted by Gasteiger charge is -2.39. The number of piperazine rings is 1. The molecule has 0 saturated carbocycles. The number of anilines is 1. The highest BCUT2D eigenvalue weighted by Crippen LogP contribution is 2.25. The van der Waals surface area contributed by atoms with Crippen LogP contribution in [-0.4, -0.2) is 45.7 Å². The van der Waals surface area contributed by atoms with Crippen molar-refractivity contribution in [3.8, 4) is 0 Å². The normalized spacial score (nSPS) is 19.4. The van der Waals surface area contributed by atoms with E-state index in [9.17, 15) is 4.39 Å². The molecule has 1 aliphatic heterocycles. The van der Waals surface area contributed by atoms with Gasteiger partial charge in [-0.15, -0.1) is 0 Å². The van der Waals surface area contributed by atoms with Gasteiger partial charge >= 0.3 is 0 Å².